The number of nitrogens with zero attached hydrogens (tertiary/aromatic N) is 5. The summed E-state index contributed by atoms with van der Waals surface area (Å²) >= 11 is 1.24. The van der Waals surface area contributed by atoms with E-state index in [0.29, 0.717) is 62.5 Å². The van der Waals surface area contributed by atoms with Crippen molar-refractivity contribution in [2.45, 2.75) is 31.7 Å². The first kappa shape index (κ1) is 28.5. The van der Waals surface area contributed by atoms with Crippen molar-refractivity contribution in [1.82, 2.24) is 9.80 Å². The van der Waals surface area contributed by atoms with Crippen LogP contribution in [0.25, 0.3) is 0 Å². The van der Waals surface area contributed by atoms with Gasteiger partial charge in [-0.15, -0.1) is 0 Å². The Labute approximate surface area is 246 Å². The number of amides is 2. The number of aryl methyl sites for hydroxylation is 2. The number of anilines is 2. The Kier molecular flexibility index (Phi) is 8.52. The van der Waals surface area contributed by atoms with Gasteiger partial charge in [0.2, 0.25) is 0 Å². The summed E-state index contributed by atoms with van der Waals surface area (Å²) in [6.07, 6.45) is 0. The lowest BCUT2D eigenvalue weighted by Gasteiger charge is -2.41. The fourth-order valence-corrected chi connectivity index (χ4v) is 6.40. The minimum atomic E-state index is -0.0569. The van der Waals surface area contributed by atoms with Crippen LogP contribution < -0.4 is 14.9 Å². The fourth-order valence-electron chi connectivity index (χ4n) is 5.93. The van der Waals surface area contributed by atoms with Gasteiger partial charge in [0.1, 0.15) is 6.07 Å². The third-order valence-electron chi connectivity index (χ3n) is 8.19. The lowest BCUT2D eigenvalue weighted by atomic mass is 9.97. The summed E-state index contributed by atoms with van der Waals surface area (Å²) in [6, 6.07) is 21.7. The topological polar surface area (TPSA) is 96.9 Å². The molecule has 2 aliphatic rings. The van der Waals surface area contributed by atoms with E-state index in [1.54, 1.807) is 6.07 Å². The Morgan fingerprint density at radius 3 is 2.10 bits per heavy atom. The lowest BCUT2D eigenvalue weighted by Crippen LogP contribution is -2.54. The third kappa shape index (κ3) is 5.76. The minimum absolute atomic E-state index is 0.00343. The number of nitriles is 1. The van der Waals surface area contributed by atoms with Crippen LogP contribution in [0.2, 0.25) is 0 Å². The summed E-state index contributed by atoms with van der Waals surface area (Å²) in [4.78, 5) is 36.8. The van der Waals surface area contributed by atoms with Crippen LogP contribution in [0.15, 0.2) is 65.6 Å². The minimum Gasteiger partial charge on any atom is -0.367 e. The number of para-hydroxylation sites is 2. The van der Waals surface area contributed by atoms with Crippen LogP contribution in [0.1, 0.15) is 44.3 Å². The molecule has 5 rings (SSSR count). The largest absolute Gasteiger partial charge is 0.367 e. The first-order chi connectivity index (χ1) is 19.8. The molecule has 2 saturated heterocycles. The summed E-state index contributed by atoms with van der Waals surface area (Å²) in [5, 5.41) is 15.4. The molecular formula is C32H36N6O2S. The first-order valence-electron chi connectivity index (χ1n) is 14.0. The van der Waals surface area contributed by atoms with E-state index in [-0.39, 0.29) is 17.9 Å². The first-order valence-corrected chi connectivity index (χ1v) is 14.9. The molecule has 0 aliphatic carbocycles. The molecule has 2 amide bonds. The second-order valence-electron chi connectivity index (χ2n) is 10.8. The van der Waals surface area contributed by atoms with Crippen molar-refractivity contribution in [3.8, 4) is 6.07 Å². The number of rotatable bonds is 5. The highest BCUT2D eigenvalue weighted by atomic mass is 32.2. The lowest BCUT2D eigenvalue weighted by molar-refractivity contribution is 0.0673. The van der Waals surface area contributed by atoms with Crippen molar-refractivity contribution < 1.29 is 9.59 Å². The summed E-state index contributed by atoms with van der Waals surface area (Å²) < 4.78 is 0. The number of nitrogens with two attached hydrogens (primary N) is 1. The predicted molar refractivity (Wildman–Crippen MR) is 164 cm³/mol. The fraction of sp³-hybridized carbons (Fsp3) is 0.344. The summed E-state index contributed by atoms with van der Waals surface area (Å²) in [6.45, 7) is 10.4. The normalized spacial score (nSPS) is 17.4. The molecule has 0 aromatic heterocycles. The number of benzene rings is 3. The summed E-state index contributed by atoms with van der Waals surface area (Å²) in [5.41, 5.74) is 5.54. The van der Waals surface area contributed by atoms with Crippen LogP contribution >= 0.6 is 11.9 Å². The molecule has 0 radical (unpaired) electrons. The Morgan fingerprint density at radius 1 is 0.829 bits per heavy atom. The van der Waals surface area contributed by atoms with Crippen LogP contribution in [0, 0.1) is 25.2 Å². The SMILES string of the molecule is Cc1cc(C)c(C(=O)N2CCN(c3ccccc3SN)CC2C)cc1C(=O)N1CCN(c2ccccc2C#N)CC1. The van der Waals surface area contributed by atoms with E-state index in [2.05, 4.69) is 28.9 Å². The van der Waals surface area contributed by atoms with Gasteiger partial charge in [-0.2, -0.15) is 5.26 Å². The molecular weight excluding hydrogens is 532 g/mol. The van der Waals surface area contributed by atoms with E-state index in [4.69, 9.17) is 5.14 Å². The Balaban J connectivity index is 1.29. The van der Waals surface area contributed by atoms with Gasteiger partial charge in [-0.25, -0.2) is 0 Å². The predicted octanol–water partition coefficient (Wildman–Crippen LogP) is 4.45. The molecule has 212 valence electrons. The molecule has 0 saturated carbocycles. The van der Waals surface area contributed by atoms with Gasteiger partial charge < -0.3 is 19.6 Å². The van der Waals surface area contributed by atoms with Gasteiger partial charge in [-0.3, -0.25) is 14.7 Å². The average Bonchev–Trinajstić information content (AvgIpc) is 3.00. The standard InChI is InChI=1S/C32H36N6O2S/c1-22-18-23(2)27(32(40)38-17-16-37(21-24(38)3)29-10-6-7-11-30(29)41-34)19-26(22)31(39)36-14-12-35(13-15-36)28-9-5-4-8-25(28)20-33/h4-11,18-19,24H,12-17,21,34H2,1-3H3. The molecule has 2 fully saturated rings. The zero-order valence-electron chi connectivity index (χ0n) is 23.8. The highest BCUT2D eigenvalue weighted by Gasteiger charge is 2.31. The van der Waals surface area contributed by atoms with E-state index in [1.807, 2.05) is 72.2 Å². The van der Waals surface area contributed by atoms with Gasteiger partial charge in [-0.05, 0) is 74.2 Å². The monoisotopic (exact) mass is 568 g/mol. The van der Waals surface area contributed by atoms with E-state index in [9.17, 15) is 14.9 Å². The van der Waals surface area contributed by atoms with Crippen LogP contribution in [0.4, 0.5) is 11.4 Å². The third-order valence-corrected chi connectivity index (χ3v) is 8.78. The van der Waals surface area contributed by atoms with Crippen molar-refractivity contribution in [1.29, 1.82) is 5.26 Å². The number of piperazine rings is 2. The second kappa shape index (κ2) is 12.2. The molecule has 3 aromatic rings. The molecule has 8 nitrogen and oxygen atoms in total. The van der Waals surface area contributed by atoms with Gasteiger partial charge >= 0.3 is 0 Å². The maximum Gasteiger partial charge on any atom is 0.254 e. The molecule has 2 heterocycles. The van der Waals surface area contributed by atoms with Gasteiger partial charge in [0.05, 0.1) is 16.9 Å². The van der Waals surface area contributed by atoms with Crippen LogP contribution in [0.5, 0.6) is 0 Å². The van der Waals surface area contributed by atoms with Gasteiger partial charge in [0.25, 0.3) is 11.8 Å². The number of carbonyl (C=O) groups excluding carboxylic acids is 2. The maximum atomic E-state index is 13.8. The van der Waals surface area contributed by atoms with Crippen molar-refractivity contribution in [3.05, 3.63) is 88.5 Å². The van der Waals surface area contributed by atoms with Crippen LogP contribution in [0.3, 0.4) is 0 Å². The Bertz CT molecular complexity index is 1490. The van der Waals surface area contributed by atoms with Gasteiger partial charge in [0, 0.05) is 67.9 Å². The molecule has 1 atom stereocenters. The second-order valence-corrected chi connectivity index (χ2v) is 11.4. The molecule has 1 unspecified atom stereocenters. The van der Waals surface area contributed by atoms with Crippen LogP contribution in [-0.4, -0.2) is 73.5 Å². The maximum absolute atomic E-state index is 13.8. The average molecular weight is 569 g/mol. The van der Waals surface area contributed by atoms with Crippen molar-refractivity contribution >= 4 is 35.1 Å². The number of carbonyl (C=O) groups is 2. The molecule has 2 aliphatic heterocycles. The molecule has 0 bridgehead atoms. The number of hydrogen-bond acceptors (Lipinski definition) is 7. The summed E-state index contributed by atoms with van der Waals surface area (Å²) in [5.74, 6) is -0.0957. The molecule has 2 N–H and O–H groups in total. The van der Waals surface area contributed by atoms with Crippen molar-refractivity contribution in [2.24, 2.45) is 5.14 Å². The van der Waals surface area contributed by atoms with Gasteiger partial charge in [-0.1, -0.05) is 30.3 Å². The van der Waals surface area contributed by atoms with E-state index in [1.165, 1.54) is 11.9 Å². The van der Waals surface area contributed by atoms with E-state index < -0.39 is 0 Å². The summed E-state index contributed by atoms with van der Waals surface area (Å²) in [7, 11) is 0. The molecule has 3 aromatic carbocycles. The highest BCUT2D eigenvalue weighted by molar-refractivity contribution is 7.97. The van der Waals surface area contributed by atoms with Crippen molar-refractivity contribution in [2.75, 3.05) is 55.6 Å². The molecule has 9 heteroatoms. The Hall–Kier alpha value is -4.00. The molecule has 41 heavy (non-hydrogen) atoms. The highest BCUT2D eigenvalue weighted by Crippen LogP contribution is 2.30. The number of hydrogen-bond donors (Lipinski definition) is 1. The zero-order valence-corrected chi connectivity index (χ0v) is 24.7. The quantitative estimate of drug-likeness (QED) is 0.454. The molecule has 0 spiro atoms. The Morgan fingerprint density at radius 2 is 1.44 bits per heavy atom. The zero-order chi connectivity index (χ0) is 29.1. The van der Waals surface area contributed by atoms with Gasteiger partial charge in [0.15, 0.2) is 0 Å². The van der Waals surface area contributed by atoms with Crippen LogP contribution in [-0.2, 0) is 0 Å². The van der Waals surface area contributed by atoms with E-state index >= 15 is 0 Å². The van der Waals surface area contributed by atoms with Crippen molar-refractivity contribution in [3.63, 3.8) is 0 Å². The van der Waals surface area contributed by atoms with E-state index in [0.717, 1.165) is 27.4 Å². The smallest absolute Gasteiger partial charge is 0.254 e.